The highest BCUT2D eigenvalue weighted by molar-refractivity contribution is 7.99. The second-order valence-electron chi connectivity index (χ2n) is 4.47. The molecule has 0 spiro atoms. The molecular weight excluding hydrogens is 256 g/mol. The quantitative estimate of drug-likeness (QED) is 0.540. The molecule has 0 aliphatic carbocycles. The van der Waals surface area contributed by atoms with E-state index in [1.165, 1.54) is 5.56 Å². The Morgan fingerprint density at radius 3 is 2.79 bits per heavy atom. The SMILES string of the molecule is CCSC(N)CCC(=O)NCCCc1ccccc1. The van der Waals surface area contributed by atoms with Gasteiger partial charge in [0, 0.05) is 13.0 Å². The molecule has 0 fully saturated rings. The number of rotatable bonds is 9. The summed E-state index contributed by atoms with van der Waals surface area (Å²) in [6.45, 7) is 2.82. The lowest BCUT2D eigenvalue weighted by Crippen LogP contribution is -2.27. The predicted molar refractivity (Wildman–Crippen MR) is 83.1 cm³/mol. The molecule has 0 radical (unpaired) electrons. The van der Waals surface area contributed by atoms with E-state index in [1.807, 2.05) is 18.2 Å². The van der Waals surface area contributed by atoms with Gasteiger partial charge in [-0.2, -0.15) is 0 Å². The van der Waals surface area contributed by atoms with Crippen molar-refractivity contribution in [2.45, 2.75) is 38.0 Å². The van der Waals surface area contributed by atoms with Crippen molar-refractivity contribution in [3.8, 4) is 0 Å². The van der Waals surface area contributed by atoms with Gasteiger partial charge in [-0.1, -0.05) is 37.3 Å². The van der Waals surface area contributed by atoms with Gasteiger partial charge in [-0.25, -0.2) is 0 Å². The number of thioether (sulfide) groups is 1. The smallest absolute Gasteiger partial charge is 0.220 e. The highest BCUT2D eigenvalue weighted by Crippen LogP contribution is 2.10. The Morgan fingerprint density at radius 1 is 1.37 bits per heavy atom. The molecule has 4 heteroatoms. The zero-order valence-electron chi connectivity index (χ0n) is 11.6. The van der Waals surface area contributed by atoms with Crippen molar-refractivity contribution < 1.29 is 4.79 Å². The maximum absolute atomic E-state index is 11.6. The first-order valence-electron chi connectivity index (χ1n) is 6.90. The molecule has 1 atom stereocenters. The van der Waals surface area contributed by atoms with Crippen LogP contribution in [0.15, 0.2) is 30.3 Å². The number of nitrogens with one attached hydrogen (secondary N) is 1. The van der Waals surface area contributed by atoms with E-state index in [4.69, 9.17) is 5.73 Å². The van der Waals surface area contributed by atoms with E-state index in [1.54, 1.807) is 11.8 Å². The Labute approximate surface area is 120 Å². The van der Waals surface area contributed by atoms with Crippen LogP contribution in [0.4, 0.5) is 0 Å². The van der Waals surface area contributed by atoms with Crippen LogP contribution in [0.1, 0.15) is 31.7 Å². The maximum Gasteiger partial charge on any atom is 0.220 e. The Hall–Kier alpha value is -1.00. The van der Waals surface area contributed by atoms with Crippen LogP contribution in [0.2, 0.25) is 0 Å². The molecular formula is C15H24N2OS. The molecule has 0 saturated heterocycles. The summed E-state index contributed by atoms with van der Waals surface area (Å²) in [7, 11) is 0. The van der Waals surface area contributed by atoms with E-state index >= 15 is 0 Å². The van der Waals surface area contributed by atoms with Crippen molar-refractivity contribution >= 4 is 17.7 Å². The van der Waals surface area contributed by atoms with Crippen molar-refractivity contribution in [1.82, 2.24) is 5.32 Å². The van der Waals surface area contributed by atoms with Crippen molar-refractivity contribution in [3.63, 3.8) is 0 Å². The lowest BCUT2D eigenvalue weighted by molar-refractivity contribution is -0.121. The lowest BCUT2D eigenvalue weighted by Gasteiger charge is -2.10. The molecule has 0 saturated carbocycles. The highest BCUT2D eigenvalue weighted by atomic mass is 32.2. The molecule has 3 nitrogen and oxygen atoms in total. The Kier molecular flexibility index (Phi) is 8.34. The average molecular weight is 280 g/mol. The topological polar surface area (TPSA) is 55.1 Å². The van der Waals surface area contributed by atoms with Crippen LogP contribution in [0.3, 0.4) is 0 Å². The van der Waals surface area contributed by atoms with Gasteiger partial charge < -0.3 is 11.1 Å². The Bertz CT molecular complexity index is 356. The number of hydrogen-bond donors (Lipinski definition) is 2. The highest BCUT2D eigenvalue weighted by Gasteiger charge is 2.06. The van der Waals surface area contributed by atoms with Gasteiger partial charge in [0.25, 0.3) is 0 Å². The Balaban J connectivity index is 2.04. The molecule has 106 valence electrons. The molecule has 0 heterocycles. The van der Waals surface area contributed by atoms with Crippen molar-refractivity contribution in [1.29, 1.82) is 0 Å². The largest absolute Gasteiger partial charge is 0.356 e. The normalized spacial score (nSPS) is 12.1. The average Bonchev–Trinajstić information content (AvgIpc) is 2.43. The third-order valence-electron chi connectivity index (χ3n) is 2.84. The predicted octanol–water partition coefficient (Wildman–Crippen LogP) is 2.55. The second-order valence-corrected chi connectivity index (χ2v) is 5.99. The summed E-state index contributed by atoms with van der Waals surface area (Å²) in [5, 5.41) is 3.03. The van der Waals surface area contributed by atoms with Gasteiger partial charge in [0.05, 0.1) is 5.37 Å². The summed E-state index contributed by atoms with van der Waals surface area (Å²) in [5.74, 6) is 1.11. The van der Waals surface area contributed by atoms with E-state index in [-0.39, 0.29) is 11.3 Å². The van der Waals surface area contributed by atoms with Crippen LogP contribution in [0, 0.1) is 0 Å². The van der Waals surface area contributed by atoms with E-state index in [0.717, 1.165) is 31.6 Å². The van der Waals surface area contributed by atoms with Gasteiger partial charge in [0.2, 0.25) is 5.91 Å². The minimum Gasteiger partial charge on any atom is -0.356 e. The van der Waals surface area contributed by atoms with Crippen LogP contribution in [0.25, 0.3) is 0 Å². The summed E-state index contributed by atoms with van der Waals surface area (Å²) in [6, 6.07) is 10.3. The van der Waals surface area contributed by atoms with Crippen LogP contribution >= 0.6 is 11.8 Å². The number of amides is 1. The molecule has 0 aromatic heterocycles. The minimum absolute atomic E-state index is 0.0834. The third-order valence-corrected chi connectivity index (χ3v) is 3.84. The molecule has 3 N–H and O–H groups in total. The summed E-state index contributed by atoms with van der Waals surface area (Å²) in [5.41, 5.74) is 7.16. The van der Waals surface area contributed by atoms with Gasteiger partial charge in [0.15, 0.2) is 0 Å². The van der Waals surface area contributed by atoms with Gasteiger partial charge in [-0.05, 0) is 30.6 Å². The summed E-state index contributed by atoms with van der Waals surface area (Å²) >= 11 is 1.70. The van der Waals surface area contributed by atoms with Gasteiger partial charge in [0.1, 0.15) is 0 Å². The number of hydrogen-bond acceptors (Lipinski definition) is 3. The summed E-state index contributed by atoms with van der Waals surface area (Å²) in [6.07, 6.45) is 3.26. The van der Waals surface area contributed by atoms with E-state index in [2.05, 4.69) is 24.4 Å². The van der Waals surface area contributed by atoms with Gasteiger partial charge >= 0.3 is 0 Å². The second kappa shape index (κ2) is 9.87. The Morgan fingerprint density at radius 2 is 2.11 bits per heavy atom. The standard InChI is InChI=1S/C15H24N2OS/c1-2-19-14(16)10-11-15(18)17-12-6-9-13-7-4-3-5-8-13/h3-5,7-8,14H,2,6,9-12,16H2,1H3,(H,17,18). The van der Waals surface area contributed by atoms with Crippen LogP contribution in [0.5, 0.6) is 0 Å². The number of aryl methyl sites for hydroxylation is 1. The van der Waals surface area contributed by atoms with Crippen molar-refractivity contribution in [3.05, 3.63) is 35.9 Å². The lowest BCUT2D eigenvalue weighted by atomic mass is 10.1. The molecule has 1 amide bonds. The molecule has 0 bridgehead atoms. The van der Waals surface area contributed by atoms with E-state index in [0.29, 0.717) is 6.42 Å². The van der Waals surface area contributed by atoms with Gasteiger partial charge in [-0.3, -0.25) is 4.79 Å². The molecule has 1 aromatic rings. The number of carbonyl (C=O) groups is 1. The molecule has 1 rings (SSSR count). The minimum atomic E-state index is 0.0834. The zero-order chi connectivity index (χ0) is 13.9. The molecule has 1 unspecified atom stereocenters. The first-order valence-corrected chi connectivity index (χ1v) is 7.95. The van der Waals surface area contributed by atoms with E-state index in [9.17, 15) is 4.79 Å². The van der Waals surface area contributed by atoms with Gasteiger partial charge in [-0.15, -0.1) is 11.8 Å². The van der Waals surface area contributed by atoms with E-state index < -0.39 is 0 Å². The fourth-order valence-electron chi connectivity index (χ4n) is 1.82. The number of benzene rings is 1. The molecule has 1 aromatic carbocycles. The van der Waals surface area contributed by atoms with Crippen molar-refractivity contribution in [2.75, 3.05) is 12.3 Å². The van der Waals surface area contributed by atoms with Crippen LogP contribution < -0.4 is 11.1 Å². The monoisotopic (exact) mass is 280 g/mol. The molecule has 19 heavy (non-hydrogen) atoms. The fourth-order valence-corrected chi connectivity index (χ4v) is 2.54. The number of carbonyl (C=O) groups excluding carboxylic acids is 1. The summed E-state index contributed by atoms with van der Waals surface area (Å²) in [4.78, 5) is 11.6. The number of nitrogens with two attached hydrogens (primary N) is 1. The maximum atomic E-state index is 11.6. The first kappa shape index (κ1) is 16.1. The third kappa shape index (κ3) is 7.90. The molecule has 0 aliphatic heterocycles. The fraction of sp³-hybridized carbons (Fsp3) is 0.533. The van der Waals surface area contributed by atoms with Crippen molar-refractivity contribution in [2.24, 2.45) is 5.73 Å². The van der Waals surface area contributed by atoms with Crippen LogP contribution in [-0.4, -0.2) is 23.6 Å². The molecule has 0 aliphatic rings. The first-order chi connectivity index (χ1) is 9.22. The summed E-state index contributed by atoms with van der Waals surface area (Å²) < 4.78 is 0. The zero-order valence-corrected chi connectivity index (χ0v) is 12.4. The van der Waals surface area contributed by atoms with Crippen LogP contribution in [-0.2, 0) is 11.2 Å².